The molecule has 0 aliphatic carbocycles. The SMILES string of the molecule is CCC(CO)(c1ccncc1)N(C)C. The van der Waals surface area contributed by atoms with Crippen molar-refractivity contribution in [3.05, 3.63) is 30.1 Å². The van der Waals surface area contributed by atoms with E-state index in [1.165, 1.54) is 0 Å². The summed E-state index contributed by atoms with van der Waals surface area (Å²) >= 11 is 0. The molecule has 3 nitrogen and oxygen atoms in total. The summed E-state index contributed by atoms with van der Waals surface area (Å²) in [4.78, 5) is 6.04. The predicted octanol–water partition coefficient (Wildman–Crippen LogP) is 1.24. The van der Waals surface area contributed by atoms with Gasteiger partial charge in [0.25, 0.3) is 0 Å². The van der Waals surface area contributed by atoms with Crippen LogP contribution in [0.25, 0.3) is 0 Å². The molecular formula is C11H18N2O. The van der Waals surface area contributed by atoms with Gasteiger partial charge in [0, 0.05) is 12.4 Å². The van der Waals surface area contributed by atoms with E-state index in [0.29, 0.717) is 0 Å². The summed E-state index contributed by atoms with van der Waals surface area (Å²) in [5, 5.41) is 9.54. The van der Waals surface area contributed by atoms with E-state index in [1.807, 2.05) is 26.2 Å². The average Bonchev–Trinajstić information content (AvgIpc) is 2.22. The number of nitrogens with zero attached hydrogens (tertiary/aromatic N) is 2. The summed E-state index contributed by atoms with van der Waals surface area (Å²) in [6, 6.07) is 3.92. The summed E-state index contributed by atoms with van der Waals surface area (Å²) in [5.74, 6) is 0. The van der Waals surface area contributed by atoms with E-state index in [0.717, 1.165) is 12.0 Å². The van der Waals surface area contributed by atoms with Gasteiger partial charge >= 0.3 is 0 Å². The molecule has 1 unspecified atom stereocenters. The molecule has 78 valence electrons. The van der Waals surface area contributed by atoms with E-state index in [-0.39, 0.29) is 12.1 Å². The average molecular weight is 194 g/mol. The highest BCUT2D eigenvalue weighted by Gasteiger charge is 2.31. The highest BCUT2D eigenvalue weighted by Crippen LogP contribution is 2.28. The van der Waals surface area contributed by atoms with Crippen molar-refractivity contribution in [2.75, 3.05) is 20.7 Å². The molecule has 0 radical (unpaired) electrons. The molecule has 1 N–H and O–H groups in total. The Balaban J connectivity index is 3.11. The number of pyridine rings is 1. The Morgan fingerprint density at radius 3 is 2.29 bits per heavy atom. The fourth-order valence-corrected chi connectivity index (χ4v) is 1.79. The minimum atomic E-state index is -0.275. The third-order valence-electron chi connectivity index (χ3n) is 2.92. The van der Waals surface area contributed by atoms with Crippen LogP contribution in [-0.4, -0.2) is 35.7 Å². The van der Waals surface area contributed by atoms with E-state index < -0.39 is 0 Å². The van der Waals surface area contributed by atoms with Crippen LogP contribution in [0.2, 0.25) is 0 Å². The first-order chi connectivity index (χ1) is 6.67. The van der Waals surface area contributed by atoms with Gasteiger partial charge in [-0.05, 0) is 38.2 Å². The Labute approximate surface area is 85.4 Å². The van der Waals surface area contributed by atoms with Crippen molar-refractivity contribution in [1.82, 2.24) is 9.88 Å². The zero-order chi connectivity index (χ0) is 10.6. The van der Waals surface area contributed by atoms with E-state index in [2.05, 4.69) is 16.8 Å². The molecule has 0 bridgehead atoms. The second-order valence-electron chi connectivity index (χ2n) is 3.67. The van der Waals surface area contributed by atoms with Crippen molar-refractivity contribution in [1.29, 1.82) is 0 Å². The van der Waals surface area contributed by atoms with E-state index in [4.69, 9.17) is 0 Å². The van der Waals surface area contributed by atoms with Gasteiger partial charge in [0.2, 0.25) is 0 Å². The Morgan fingerprint density at radius 1 is 1.36 bits per heavy atom. The second kappa shape index (κ2) is 4.53. The molecule has 0 aliphatic heterocycles. The molecule has 1 aromatic rings. The van der Waals surface area contributed by atoms with Crippen molar-refractivity contribution in [3.63, 3.8) is 0 Å². The van der Waals surface area contributed by atoms with Crippen LogP contribution in [0.15, 0.2) is 24.5 Å². The lowest BCUT2D eigenvalue weighted by Gasteiger charge is -2.38. The number of hydrogen-bond acceptors (Lipinski definition) is 3. The first kappa shape index (κ1) is 11.1. The van der Waals surface area contributed by atoms with Crippen molar-refractivity contribution >= 4 is 0 Å². The maximum Gasteiger partial charge on any atom is 0.0687 e. The van der Waals surface area contributed by atoms with Gasteiger partial charge in [-0.2, -0.15) is 0 Å². The summed E-state index contributed by atoms with van der Waals surface area (Å²) in [7, 11) is 3.97. The highest BCUT2D eigenvalue weighted by atomic mass is 16.3. The maximum absolute atomic E-state index is 9.54. The smallest absolute Gasteiger partial charge is 0.0687 e. The molecule has 1 atom stereocenters. The van der Waals surface area contributed by atoms with Crippen molar-refractivity contribution in [2.24, 2.45) is 0 Å². The number of aliphatic hydroxyl groups is 1. The number of likely N-dealkylation sites (N-methyl/N-ethyl adjacent to an activating group) is 1. The summed E-state index contributed by atoms with van der Waals surface area (Å²) in [6.07, 6.45) is 4.40. The highest BCUT2D eigenvalue weighted by molar-refractivity contribution is 5.21. The van der Waals surface area contributed by atoms with Crippen LogP contribution in [0.5, 0.6) is 0 Å². The minimum absolute atomic E-state index is 0.126. The van der Waals surface area contributed by atoms with Gasteiger partial charge in [0.15, 0.2) is 0 Å². The fourth-order valence-electron chi connectivity index (χ4n) is 1.79. The van der Waals surface area contributed by atoms with Crippen LogP contribution in [0.3, 0.4) is 0 Å². The van der Waals surface area contributed by atoms with Gasteiger partial charge in [-0.1, -0.05) is 6.92 Å². The third-order valence-corrected chi connectivity index (χ3v) is 2.92. The summed E-state index contributed by atoms with van der Waals surface area (Å²) < 4.78 is 0. The zero-order valence-electron chi connectivity index (χ0n) is 9.07. The standard InChI is InChI=1S/C11H18N2O/c1-4-11(9-14,13(2)3)10-5-7-12-8-6-10/h5-8,14H,4,9H2,1-3H3. The van der Waals surface area contributed by atoms with Crippen LogP contribution in [0, 0.1) is 0 Å². The molecule has 3 heteroatoms. The Bertz CT molecular complexity index is 268. The second-order valence-corrected chi connectivity index (χ2v) is 3.67. The predicted molar refractivity (Wildman–Crippen MR) is 57.0 cm³/mol. The molecule has 0 saturated heterocycles. The van der Waals surface area contributed by atoms with E-state index in [1.54, 1.807) is 12.4 Å². The summed E-state index contributed by atoms with van der Waals surface area (Å²) in [6.45, 7) is 2.21. The van der Waals surface area contributed by atoms with Gasteiger partial charge in [0.1, 0.15) is 0 Å². The topological polar surface area (TPSA) is 36.4 Å². The quantitative estimate of drug-likeness (QED) is 0.783. The first-order valence-electron chi connectivity index (χ1n) is 4.86. The lowest BCUT2D eigenvalue weighted by molar-refractivity contribution is 0.0622. The molecule has 1 rings (SSSR count). The Kier molecular flexibility index (Phi) is 3.61. The lowest BCUT2D eigenvalue weighted by Crippen LogP contribution is -2.44. The third kappa shape index (κ3) is 1.79. The van der Waals surface area contributed by atoms with Crippen molar-refractivity contribution < 1.29 is 5.11 Å². The molecule has 0 saturated carbocycles. The first-order valence-corrected chi connectivity index (χ1v) is 4.86. The minimum Gasteiger partial charge on any atom is -0.394 e. The van der Waals surface area contributed by atoms with Gasteiger partial charge < -0.3 is 5.11 Å². The van der Waals surface area contributed by atoms with Crippen molar-refractivity contribution in [3.8, 4) is 0 Å². The molecule has 0 aromatic carbocycles. The Morgan fingerprint density at radius 2 is 1.93 bits per heavy atom. The largest absolute Gasteiger partial charge is 0.394 e. The Hall–Kier alpha value is -0.930. The molecule has 1 aromatic heterocycles. The molecule has 1 heterocycles. The zero-order valence-corrected chi connectivity index (χ0v) is 9.07. The van der Waals surface area contributed by atoms with E-state index in [9.17, 15) is 5.11 Å². The molecular weight excluding hydrogens is 176 g/mol. The molecule has 0 spiro atoms. The summed E-state index contributed by atoms with van der Waals surface area (Å²) in [5.41, 5.74) is 0.839. The van der Waals surface area contributed by atoms with Crippen LogP contribution in [0.4, 0.5) is 0 Å². The molecule has 14 heavy (non-hydrogen) atoms. The van der Waals surface area contributed by atoms with Crippen LogP contribution >= 0.6 is 0 Å². The molecule has 0 fully saturated rings. The fraction of sp³-hybridized carbons (Fsp3) is 0.545. The van der Waals surface area contributed by atoms with Gasteiger partial charge in [0.05, 0.1) is 12.1 Å². The van der Waals surface area contributed by atoms with Crippen molar-refractivity contribution in [2.45, 2.75) is 18.9 Å². The van der Waals surface area contributed by atoms with Gasteiger partial charge in [-0.25, -0.2) is 0 Å². The lowest BCUT2D eigenvalue weighted by atomic mass is 9.87. The molecule has 0 aliphatic rings. The maximum atomic E-state index is 9.54. The van der Waals surface area contributed by atoms with Crippen LogP contribution in [-0.2, 0) is 5.54 Å². The molecule has 0 amide bonds. The normalized spacial score (nSPS) is 15.5. The van der Waals surface area contributed by atoms with E-state index >= 15 is 0 Å². The number of aliphatic hydroxyl groups excluding tert-OH is 1. The van der Waals surface area contributed by atoms with Crippen LogP contribution < -0.4 is 0 Å². The number of rotatable bonds is 4. The number of aromatic nitrogens is 1. The van der Waals surface area contributed by atoms with Gasteiger partial charge in [-0.15, -0.1) is 0 Å². The number of hydrogen-bond donors (Lipinski definition) is 1. The monoisotopic (exact) mass is 194 g/mol. The van der Waals surface area contributed by atoms with Gasteiger partial charge in [-0.3, -0.25) is 9.88 Å². The van der Waals surface area contributed by atoms with Crippen LogP contribution in [0.1, 0.15) is 18.9 Å².